The average molecular weight is 427 g/mol. The molecule has 8 heteroatoms. The minimum absolute atomic E-state index is 0.117. The summed E-state index contributed by atoms with van der Waals surface area (Å²) >= 11 is 0. The lowest BCUT2D eigenvalue weighted by molar-refractivity contribution is -0.137. The molecule has 1 N–H and O–H groups in total. The second-order valence-corrected chi connectivity index (χ2v) is 7.17. The number of aryl methyl sites for hydroxylation is 1. The van der Waals surface area contributed by atoms with Crippen molar-refractivity contribution in [3.63, 3.8) is 0 Å². The molecule has 0 atom stereocenters. The van der Waals surface area contributed by atoms with Gasteiger partial charge in [0.2, 0.25) is 5.91 Å². The third-order valence-electron chi connectivity index (χ3n) is 4.80. The van der Waals surface area contributed by atoms with E-state index in [1.54, 1.807) is 16.5 Å². The van der Waals surface area contributed by atoms with E-state index in [1.165, 1.54) is 24.3 Å². The van der Waals surface area contributed by atoms with Gasteiger partial charge in [0.25, 0.3) is 0 Å². The molecule has 2 heterocycles. The molecule has 0 spiro atoms. The van der Waals surface area contributed by atoms with Crippen LogP contribution in [0.1, 0.15) is 16.7 Å². The summed E-state index contributed by atoms with van der Waals surface area (Å²) in [5.41, 5.74) is 2.48. The first-order chi connectivity index (χ1) is 14.7. The maximum Gasteiger partial charge on any atom is 0.416 e. The van der Waals surface area contributed by atoms with E-state index in [9.17, 15) is 22.4 Å². The van der Waals surface area contributed by atoms with E-state index in [0.717, 1.165) is 17.7 Å². The van der Waals surface area contributed by atoms with E-state index in [4.69, 9.17) is 0 Å². The van der Waals surface area contributed by atoms with Crippen LogP contribution >= 0.6 is 0 Å². The number of halogens is 4. The maximum absolute atomic E-state index is 13.4. The number of nitrogens with one attached hydrogen (secondary N) is 1. The molecule has 4 rings (SSSR count). The van der Waals surface area contributed by atoms with Crippen molar-refractivity contribution in [3.8, 4) is 11.3 Å². The van der Waals surface area contributed by atoms with Crippen LogP contribution in [-0.4, -0.2) is 15.3 Å². The van der Waals surface area contributed by atoms with Gasteiger partial charge in [0.1, 0.15) is 11.5 Å². The molecule has 0 radical (unpaired) electrons. The SMILES string of the molecule is Cc1ccn2c(-c3ccc(F)cc3)c(NC(=O)Cc3ccc(C(F)(F)F)cc3)nc2c1. The number of fused-ring (bicyclic) bond motifs is 1. The molecule has 4 aromatic rings. The fraction of sp³-hybridized carbons (Fsp3) is 0.130. The molecule has 0 aliphatic rings. The number of carbonyl (C=O) groups excluding carboxylic acids is 1. The first-order valence-corrected chi connectivity index (χ1v) is 9.41. The van der Waals surface area contributed by atoms with Crippen LogP contribution in [0.15, 0.2) is 66.9 Å². The Morgan fingerprint density at radius 1 is 1.03 bits per heavy atom. The number of hydrogen-bond donors (Lipinski definition) is 1. The Labute approximate surface area is 175 Å². The van der Waals surface area contributed by atoms with Gasteiger partial charge in [-0.05, 0) is 66.6 Å². The van der Waals surface area contributed by atoms with E-state index < -0.39 is 17.6 Å². The highest BCUT2D eigenvalue weighted by Crippen LogP contribution is 2.31. The minimum Gasteiger partial charge on any atom is -0.309 e. The van der Waals surface area contributed by atoms with E-state index in [0.29, 0.717) is 22.5 Å². The molecule has 0 bridgehead atoms. The summed E-state index contributed by atoms with van der Waals surface area (Å²) in [6.45, 7) is 1.91. The average Bonchev–Trinajstić information content (AvgIpc) is 3.05. The molecule has 0 saturated carbocycles. The number of benzene rings is 2. The smallest absolute Gasteiger partial charge is 0.309 e. The topological polar surface area (TPSA) is 46.4 Å². The van der Waals surface area contributed by atoms with Crippen LogP contribution in [-0.2, 0) is 17.4 Å². The van der Waals surface area contributed by atoms with E-state index >= 15 is 0 Å². The molecule has 4 nitrogen and oxygen atoms in total. The second kappa shape index (κ2) is 7.86. The van der Waals surface area contributed by atoms with Gasteiger partial charge >= 0.3 is 6.18 Å². The lowest BCUT2D eigenvalue weighted by Crippen LogP contribution is -2.15. The Hall–Kier alpha value is -3.68. The van der Waals surface area contributed by atoms with Gasteiger partial charge in [-0.1, -0.05) is 12.1 Å². The summed E-state index contributed by atoms with van der Waals surface area (Å²) in [6, 6.07) is 14.0. The van der Waals surface area contributed by atoms with Crippen LogP contribution in [0.25, 0.3) is 16.9 Å². The maximum atomic E-state index is 13.4. The van der Waals surface area contributed by atoms with E-state index in [2.05, 4.69) is 10.3 Å². The van der Waals surface area contributed by atoms with Crippen molar-refractivity contribution in [3.05, 3.63) is 89.4 Å². The molecule has 158 valence electrons. The highest BCUT2D eigenvalue weighted by molar-refractivity contribution is 5.95. The van der Waals surface area contributed by atoms with Crippen LogP contribution < -0.4 is 5.32 Å². The summed E-state index contributed by atoms with van der Waals surface area (Å²) in [4.78, 5) is 17.1. The molecule has 0 aliphatic heterocycles. The zero-order valence-electron chi connectivity index (χ0n) is 16.4. The Morgan fingerprint density at radius 3 is 2.35 bits per heavy atom. The van der Waals surface area contributed by atoms with E-state index in [-0.39, 0.29) is 18.1 Å². The Kier molecular flexibility index (Phi) is 5.22. The molecule has 0 fully saturated rings. The molecule has 0 saturated heterocycles. The lowest BCUT2D eigenvalue weighted by atomic mass is 10.1. The summed E-state index contributed by atoms with van der Waals surface area (Å²) in [5.74, 6) is -0.529. The molecule has 1 amide bonds. The van der Waals surface area contributed by atoms with Gasteiger partial charge < -0.3 is 5.32 Å². The normalized spacial score (nSPS) is 11.6. The van der Waals surface area contributed by atoms with Crippen LogP contribution in [0.2, 0.25) is 0 Å². The van der Waals surface area contributed by atoms with Gasteiger partial charge in [-0.2, -0.15) is 13.2 Å². The fourth-order valence-corrected chi connectivity index (χ4v) is 3.29. The standard InChI is InChI=1S/C23H17F4N3O/c1-14-10-11-30-19(12-14)28-22(21(30)16-4-8-18(24)9-5-16)29-20(31)13-15-2-6-17(7-3-15)23(25,26)27/h2-12H,13H2,1H3,(H,29,31). The zero-order chi connectivity index (χ0) is 22.2. The van der Waals surface area contributed by atoms with Gasteiger partial charge in [-0.3, -0.25) is 9.20 Å². The third-order valence-corrected chi connectivity index (χ3v) is 4.80. The second-order valence-electron chi connectivity index (χ2n) is 7.17. The number of anilines is 1. The molecule has 2 aromatic heterocycles. The summed E-state index contributed by atoms with van der Waals surface area (Å²) in [5, 5.41) is 2.74. The van der Waals surface area contributed by atoms with Crippen molar-refractivity contribution in [2.45, 2.75) is 19.5 Å². The Balaban J connectivity index is 1.63. The number of rotatable bonds is 4. The monoisotopic (exact) mass is 427 g/mol. The van der Waals surface area contributed by atoms with Crippen molar-refractivity contribution in [1.82, 2.24) is 9.38 Å². The first-order valence-electron chi connectivity index (χ1n) is 9.41. The number of pyridine rings is 1. The number of nitrogens with zero attached hydrogens (tertiary/aromatic N) is 2. The summed E-state index contributed by atoms with van der Waals surface area (Å²) < 4.78 is 53.3. The molecule has 0 unspecified atom stereocenters. The highest BCUT2D eigenvalue weighted by Gasteiger charge is 2.30. The fourth-order valence-electron chi connectivity index (χ4n) is 3.29. The van der Waals surface area contributed by atoms with E-state index in [1.807, 2.05) is 25.3 Å². The van der Waals surface area contributed by atoms with Gasteiger partial charge in [0.15, 0.2) is 5.82 Å². The molecule has 31 heavy (non-hydrogen) atoms. The number of amides is 1. The summed E-state index contributed by atoms with van der Waals surface area (Å²) in [7, 11) is 0. The molecule has 2 aromatic carbocycles. The van der Waals surface area contributed by atoms with Crippen molar-refractivity contribution in [2.24, 2.45) is 0 Å². The van der Waals surface area contributed by atoms with Crippen molar-refractivity contribution in [1.29, 1.82) is 0 Å². The molecular weight excluding hydrogens is 410 g/mol. The number of aromatic nitrogens is 2. The van der Waals surface area contributed by atoms with Crippen LogP contribution in [0, 0.1) is 12.7 Å². The van der Waals surface area contributed by atoms with Crippen molar-refractivity contribution < 1.29 is 22.4 Å². The predicted molar refractivity (Wildman–Crippen MR) is 109 cm³/mol. The van der Waals surface area contributed by atoms with Gasteiger partial charge in [-0.15, -0.1) is 0 Å². The predicted octanol–water partition coefficient (Wildman–Crippen LogP) is 5.65. The van der Waals surface area contributed by atoms with Gasteiger partial charge in [-0.25, -0.2) is 9.37 Å². The highest BCUT2D eigenvalue weighted by atomic mass is 19.4. The number of hydrogen-bond acceptors (Lipinski definition) is 2. The quantitative estimate of drug-likeness (QED) is 0.428. The molecular formula is C23H17F4N3O. The number of carbonyl (C=O) groups is 1. The number of imidazole rings is 1. The van der Waals surface area contributed by atoms with Crippen LogP contribution in [0.3, 0.4) is 0 Å². The van der Waals surface area contributed by atoms with Crippen molar-refractivity contribution in [2.75, 3.05) is 5.32 Å². The Bertz CT molecular complexity index is 1240. The van der Waals surface area contributed by atoms with Crippen molar-refractivity contribution >= 4 is 17.4 Å². The third kappa shape index (κ3) is 4.42. The summed E-state index contributed by atoms with van der Waals surface area (Å²) in [6.07, 6.45) is -2.74. The molecule has 0 aliphatic carbocycles. The van der Waals surface area contributed by atoms with Crippen LogP contribution in [0.4, 0.5) is 23.4 Å². The first kappa shape index (κ1) is 20.6. The van der Waals surface area contributed by atoms with Gasteiger partial charge in [0.05, 0.1) is 17.7 Å². The zero-order valence-corrected chi connectivity index (χ0v) is 16.4. The minimum atomic E-state index is -4.43. The number of alkyl halides is 3. The largest absolute Gasteiger partial charge is 0.416 e. The van der Waals surface area contributed by atoms with Crippen LogP contribution in [0.5, 0.6) is 0 Å². The Morgan fingerprint density at radius 2 is 1.71 bits per heavy atom. The van der Waals surface area contributed by atoms with Gasteiger partial charge in [0, 0.05) is 11.8 Å². The lowest BCUT2D eigenvalue weighted by Gasteiger charge is -2.09.